The second kappa shape index (κ2) is 8.93. The molecule has 0 radical (unpaired) electrons. The predicted octanol–water partition coefficient (Wildman–Crippen LogP) is 5.02. The van der Waals surface area contributed by atoms with Gasteiger partial charge in [-0.25, -0.2) is 18.7 Å². The van der Waals surface area contributed by atoms with E-state index in [4.69, 9.17) is 4.74 Å². The van der Waals surface area contributed by atoms with Crippen molar-refractivity contribution in [2.24, 2.45) is 0 Å². The van der Waals surface area contributed by atoms with Gasteiger partial charge in [-0.1, -0.05) is 6.07 Å². The van der Waals surface area contributed by atoms with Gasteiger partial charge in [0.05, 0.1) is 42.0 Å². The van der Waals surface area contributed by atoms with Gasteiger partial charge in [0.25, 0.3) is 0 Å². The molecule has 3 aromatic rings. The van der Waals surface area contributed by atoms with Crippen molar-refractivity contribution in [2.75, 3.05) is 0 Å². The number of fused-ring (bicyclic) bond motifs is 1. The Balaban J connectivity index is 1.33. The van der Waals surface area contributed by atoms with Crippen LogP contribution in [-0.2, 0) is 6.54 Å². The lowest BCUT2D eigenvalue weighted by molar-refractivity contribution is 0.242. The number of rotatable bonds is 6. The van der Waals surface area contributed by atoms with Gasteiger partial charge >= 0.3 is 0 Å². The molecule has 0 fully saturated rings. The minimum Gasteiger partial charge on any atom is -0.491 e. The van der Waals surface area contributed by atoms with Crippen LogP contribution in [0.4, 0.5) is 8.78 Å². The van der Waals surface area contributed by atoms with Crippen LogP contribution in [-0.4, -0.2) is 36.0 Å². The fourth-order valence-corrected chi connectivity index (χ4v) is 3.49. The molecule has 0 amide bonds. The Labute approximate surface area is 194 Å². The van der Waals surface area contributed by atoms with E-state index in [9.17, 15) is 8.78 Å². The van der Waals surface area contributed by atoms with E-state index in [1.165, 1.54) is 18.3 Å². The van der Waals surface area contributed by atoms with Crippen LogP contribution in [0.15, 0.2) is 67.0 Å². The van der Waals surface area contributed by atoms with E-state index in [1.807, 2.05) is 50.2 Å². The van der Waals surface area contributed by atoms with Crippen LogP contribution >= 0.6 is 0 Å². The van der Waals surface area contributed by atoms with Crippen LogP contribution in [0.25, 0.3) is 34.0 Å². The van der Waals surface area contributed by atoms with Gasteiger partial charge in [-0.3, -0.25) is 4.68 Å². The zero-order valence-corrected chi connectivity index (χ0v) is 18.5. The summed E-state index contributed by atoms with van der Waals surface area (Å²) in [6.45, 7) is 4.33. The SMILES string of the molecule is CC(C)Oc1ccc(-c2ccc(Cn3cc4nc(-c5cccc(F)c5F)nc-4cn3)nn2)cc1. The van der Waals surface area contributed by atoms with Crippen molar-refractivity contribution in [1.29, 1.82) is 0 Å². The molecule has 0 N–H and O–H groups in total. The lowest BCUT2D eigenvalue weighted by Crippen LogP contribution is -2.08. The fraction of sp³-hybridized carbons (Fsp3) is 0.160. The largest absolute Gasteiger partial charge is 0.491 e. The molecule has 0 spiro atoms. The van der Waals surface area contributed by atoms with E-state index in [0.717, 1.165) is 23.1 Å². The highest BCUT2D eigenvalue weighted by molar-refractivity contribution is 5.65. The monoisotopic (exact) mass is 458 g/mol. The maximum atomic E-state index is 14.1. The number of imidazole rings is 1. The van der Waals surface area contributed by atoms with E-state index in [0.29, 0.717) is 23.6 Å². The molecule has 0 bridgehead atoms. The lowest BCUT2D eigenvalue weighted by Gasteiger charge is -2.10. The first-order valence-electron chi connectivity index (χ1n) is 10.7. The number of nitrogens with zero attached hydrogens (tertiary/aromatic N) is 6. The van der Waals surface area contributed by atoms with Crippen molar-refractivity contribution >= 4 is 0 Å². The summed E-state index contributed by atoms with van der Waals surface area (Å²) in [5.74, 6) is -1.00. The maximum Gasteiger partial charge on any atom is 0.169 e. The smallest absolute Gasteiger partial charge is 0.169 e. The molecule has 2 aromatic carbocycles. The van der Waals surface area contributed by atoms with Crippen molar-refractivity contribution in [2.45, 2.75) is 26.5 Å². The molecule has 0 saturated heterocycles. The second-order valence-corrected chi connectivity index (χ2v) is 7.99. The number of hydrogen-bond acceptors (Lipinski definition) is 6. The van der Waals surface area contributed by atoms with Crippen molar-refractivity contribution in [3.05, 3.63) is 84.3 Å². The zero-order valence-electron chi connectivity index (χ0n) is 18.5. The third-order valence-electron chi connectivity index (χ3n) is 5.07. The number of halogens is 2. The molecule has 0 saturated carbocycles. The molecule has 0 aliphatic carbocycles. The summed E-state index contributed by atoms with van der Waals surface area (Å²) in [4.78, 5) is 8.61. The molecule has 2 aliphatic rings. The molecule has 34 heavy (non-hydrogen) atoms. The van der Waals surface area contributed by atoms with Gasteiger partial charge in [0.2, 0.25) is 0 Å². The van der Waals surface area contributed by atoms with Crippen LogP contribution in [0.2, 0.25) is 0 Å². The third kappa shape index (κ3) is 4.45. The molecule has 7 nitrogen and oxygen atoms in total. The first-order valence-corrected chi connectivity index (χ1v) is 10.7. The third-order valence-corrected chi connectivity index (χ3v) is 5.07. The molecular weight excluding hydrogens is 438 g/mol. The van der Waals surface area contributed by atoms with Crippen LogP contribution in [0, 0.1) is 11.6 Å². The van der Waals surface area contributed by atoms with Gasteiger partial charge in [-0.15, -0.1) is 0 Å². The Bertz CT molecular complexity index is 1400. The first kappa shape index (κ1) is 21.6. The van der Waals surface area contributed by atoms with Crippen LogP contribution < -0.4 is 4.74 Å². The zero-order chi connectivity index (χ0) is 23.7. The lowest BCUT2D eigenvalue weighted by atomic mass is 10.1. The summed E-state index contributed by atoms with van der Waals surface area (Å²) in [7, 11) is 0. The quantitative estimate of drug-likeness (QED) is 0.356. The minimum atomic E-state index is -0.976. The minimum absolute atomic E-state index is 0.00741. The molecule has 170 valence electrons. The van der Waals surface area contributed by atoms with Crippen LogP contribution in [0.3, 0.4) is 0 Å². The van der Waals surface area contributed by atoms with Gasteiger partial charge < -0.3 is 4.74 Å². The summed E-state index contributed by atoms with van der Waals surface area (Å²) in [6.07, 6.45) is 3.33. The van der Waals surface area contributed by atoms with Crippen molar-refractivity contribution in [3.8, 4) is 39.8 Å². The van der Waals surface area contributed by atoms with Gasteiger partial charge in [0, 0.05) is 5.56 Å². The van der Waals surface area contributed by atoms with E-state index in [1.54, 1.807) is 10.9 Å². The number of aromatic nitrogens is 6. The second-order valence-electron chi connectivity index (χ2n) is 7.99. The highest BCUT2D eigenvalue weighted by Gasteiger charge is 2.18. The van der Waals surface area contributed by atoms with Crippen LogP contribution in [0.1, 0.15) is 19.5 Å². The Morgan fingerprint density at radius 3 is 2.41 bits per heavy atom. The molecule has 1 aromatic heterocycles. The van der Waals surface area contributed by atoms with Gasteiger partial charge in [0.15, 0.2) is 17.5 Å². The topological polar surface area (TPSA) is 78.6 Å². The predicted molar refractivity (Wildman–Crippen MR) is 122 cm³/mol. The molecule has 5 rings (SSSR count). The normalized spacial score (nSPS) is 11.3. The number of hydrogen-bond donors (Lipinski definition) is 0. The van der Waals surface area contributed by atoms with Gasteiger partial charge in [0.1, 0.15) is 17.1 Å². The summed E-state index contributed by atoms with van der Waals surface area (Å²) >= 11 is 0. The molecule has 9 heteroatoms. The standard InChI is InChI=1S/C25H20F2N6O/c1-15(2)34-18-9-6-16(7-10-18)21-11-8-17(31-32-21)13-33-14-23-22(12-28-33)29-25(30-23)19-4-3-5-20(26)24(19)27/h3-12,14-15H,13H2,1-2H3. The Morgan fingerprint density at radius 1 is 0.882 bits per heavy atom. The van der Waals surface area contributed by atoms with Crippen LogP contribution in [0.5, 0.6) is 5.75 Å². The number of ether oxygens (including phenoxy) is 1. The summed E-state index contributed by atoms with van der Waals surface area (Å²) in [5, 5.41) is 13.0. The Kier molecular flexibility index (Phi) is 5.67. The fourth-order valence-electron chi connectivity index (χ4n) is 3.49. The van der Waals surface area contributed by atoms with E-state index >= 15 is 0 Å². The maximum absolute atomic E-state index is 14.1. The molecule has 3 heterocycles. The van der Waals surface area contributed by atoms with Gasteiger partial charge in [-0.05, 0) is 62.4 Å². The average Bonchev–Trinajstić information content (AvgIpc) is 3.25. The Hall–Kier alpha value is -4.27. The summed E-state index contributed by atoms with van der Waals surface area (Å²) < 4.78 is 35.0. The van der Waals surface area contributed by atoms with Crippen molar-refractivity contribution < 1.29 is 13.5 Å². The number of benzene rings is 2. The Morgan fingerprint density at radius 2 is 1.68 bits per heavy atom. The summed E-state index contributed by atoms with van der Waals surface area (Å²) in [6, 6.07) is 15.4. The average molecular weight is 458 g/mol. The molecule has 0 atom stereocenters. The first-order chi connectivity index (χ1) is 16.5. The van der Waals surface area contributed by atoms with Gasteiger partial charge in [-0.2, -0.15) is 15.3 Å². The van der Waals surface area contributed by atoms with E-state index in [-0.39, 0.29) is 17.5 Å². The van der Waals surface area contributed by atoms with E-state index in [2.05, 4.69) is 25.3 Å². The highest BCUT2D eigenvalue weighted by Crippen LogP contribution is 2.27. The van der Waals surface area contributed by atoms with Crippen molar-refractivity contribution in [1.82, 2.24) is 29.9 Å². The summed E-state index contributed by atoms with van der Waals surface area (Å²) in [5.41, 5.74) is 3.40. The molecular formula is C25H20F2N6O. The highest BCUT2D eigenvalue weighted by atomic mass is 19.2. The molecule has 0 unspecified atom stereocenters. The van der Waals surface area contributed by atoms with E-state index < -0.39 is 11.6 Å². The van der Waals surface area contributed by atoms with Crippen molar-refractivity contribution in [3.63, 3.8) is 0 Å². The molecule has 2 aliphatic heterocycles.